The van der Waals surface area contributed by atoms with Gasteiger partial charge in [-0.15, -0.1) is 0 Å². The highest BCUT2D eigenvalue weighted by atomic mass is 16.6. The number of ether oxygens (including phenoxy) is 2. The fraction of sp³-hybridized carbons (Fsp3) is 0.778. The number of carboxylic acid groups (broad SMARTS) is 1. The quantitative estimate of drug-likeness (QED) is 0.394. The van der Waals surface area contributed by atoms with Crippen molar-refractivity contribution >= 4 is 11.9 Å². The summed E-state index contributed by atoms with van der Waals surface area (Å²) in [6.45, 7) is 8.41. The maximum Gasteiger partial charge on any atom is 0.331 e. The predicted molar refractivity (Wildman–Crippen MR) is 91.8 cm³/mol. The van der Waals surface area contributed by atoms with E-state index in [1.54, 1.807) is 0 Å². The number of carboxylic acids is 1. The van der Waals surface area contributed by atoms with Crippen molar-refractivity contribution in [3.05, 3.63) is 12.2 Å². The molecule has 0 radical (unpaired) electrons. The number of esters is 1. The second-order valence-corrected chi connectivity index (χ2v) is 5.94. The molecule has 0 aromatic heterocycles. The summed E-state index contributed by atoms with van der Waals surface area (Å²) in [5, 5.41) is 17.8. The lowest BCUT2D eigenvalue weighted by Crippen LogP contribution is -2.38. The van der Waals surface area contributed by atoms with Crippen molar-refractivity contribution in [2.24, 2.45) is 0 Å². The first-order valence-electron chi connectivity index (χ1n) is 8.71. The molecule has 0 saturated carbocycles. The molecule has 2 N–H and O–H groups in total. The van der Waals surface area contributed by atoms with Gasteiger partial charge in [0, 0.05) is 25.2 Å². The average Bonchev–Trinajstić information content (AvgIpc) is 2.58. The highest BCUT2D eigenvalue weighted by Gasteiger charge is 2.32. The van der Waals surface area contributed by atoms with E-state index in [1.807, 2.05) is 27.7 Å². The normalized spacial score (nSPS) is 12.5. The van der Waals surface area contributed by atoms with Gasteiger partial charge in [0.15, 0.2) is 0 Å². The molecule has 0 fully saturated rings. The molecule has 6 heteroatoms. The van der Waals surface area contributed by atoms with Crippen molar-refractivity contribution in [1.82, 2.24) is 0 Å². The molecule has 24 heavy (non-hydrogen) atoms. The summed E-state index contributed by atoms with van der Waals surface area (Å²) in [6.07, 6.45) is 5.64. The van der Waals surface area contributed by atoms with Gasteiger partial charge >= 0.3 is 11.9 Å². The number of aliphatic hydroxyl groups is 1. The van der Waals surface area contributed by atoms with Crippen molar-refractivity contribution in [3.8, 4) is 0 Å². The van der Waals surface area contributed by atoms with Crippen LogP contribution in [0.4, 0.5) is 0 Å². The fourth-order valence-corrected chi connectivity index (χ4v) is 2.72. The standard InChI is InChI=1S/C18H32O6/c1-5-17(6-2,11-13-19)23-14-12-18(7-3,8-4)24-16(22)10-9-15(20)21/h9-10,19H,5-8,11-14H2,1-4H3,(H,20,21)/b10-9+. The summed E-state index contributed by atoms with van der Waals surface area (Å²) >= 11 is 0. The van der Waals surface area contributed by atoms with Crippen LogP contribution in [0.3, 0.4) is 0 Å². The van der Waals surface area contributed by atoms with Gasteiger partial charge in [-0.3, -0.25) is 0 Å². The van der Waals surface area contributed by atoms with Crippen LogP contribution >= 0.6 is 0 Å². The summed E-state index contributed by atoms with van der Waals surface area (Å²) in [5.74, 6) is -1.85. The molecule has 0 amide bonds. The van der Waals surface area contributed by atoms with Gasteiger partial charge in [0.25, 0.3) is 0 Å². The van der Waals surface area contributed by atoms with Crippen molar-refractivity contribution in [2.75, 3.05) is 13.2 Å². The van der Waals surface area contributed by atoms with E-state index in [4.69, 9.17) is 14.6 Å². The van der Waals surface area contributed by atoms with Gasteiger partial charge in [-0.2, -0.15) is 0 Å². The molecule has 0 aromatic carbocycles. The average molecular weight is 344 g/mol. The Morgan fingerprint density at radius 1 is 0.917 bits per heavy atom. The summed E-state index contributed by atoms with van der Waals surface area (Å²) in [6, 6.07) is 0. The Kier molecular flexibility index (Phi) is 10.6. The molecule has 140 valence electrons. The molecule has 0 bridgehead atoms. The van der Waals surface area contributed by atoms with Crippen LogP contribution in [0, 0.1) is 0 Å². The minimum Gasteiger partial charge on any atom is -0.478 e. The van der Waals surface area contributed by atoms with Gasteiger partial charge in [-0.05, 0) is 32.1 Å². The maximum atomic E-state index is 11.8. The third kappa shape index (κ3) is 7.45. The minimum absolute atomic E-state index is 0.0728. The third-order valence-electron chi connectivity index (χ3n) is 4.79. The monoisotopic (exact) mass is 344 g/mol. The predicted octanol–water partition coefficient (Wildman–Crippen LogP) is 3.08. The summed E-state index contributed by atoms with van der Waals surface area (Å²) < 4.78 is 11.6. The zero-order valence-corrected chi connectivity index (χ0v) is 15.3. The number of aliphatic hydroxyl groups excluding tert-OH is 1. The molecule has 0 unspecified atom stereocenters. The number of hydrogen-bond acceptors (Lipinski definition) is 5. The van der Waals surface area contributed by atoms with Gasteiger partial charge in [-0.1, -0.05) is 27.7 Å². The van der Waals surface area contributed by atoms with E-state index < -0.39 is 17.5 Å². The van der Waals surface area contributed by atoms with Crippen molar-refractivity contribution in [3.63, 3.8) is 0 Å². The molecule has 0 aliphatic carbocycles. The summed E-state index contributed by atoms with van der Waals surface area (Å²) in [7, 11) is 0. The number of carbonyl (C=O) groups excluding carboxylic acids is 1. The first-order valence-corrected chi connectivity index (χ1v) is 8.71. The van der Waals surface area contributed by atoms with Crippen LogP contribution in [0.2, 0.25) is 0 Å². The second-order valence-electron chi connectivity index (χ2n) is 5.94. The Bertz CT molecular complexity index is 408. The smallest absolute Gasteiger partial charge is 0.331 e. The van der Waals surface area contributed by atoms with Gasteiger partial charge in [0.2, 0.25) is 0 Å². The summed E-state index contributed by atoms with van der Waals surface area (Å²) in [5.41, 5.74) is -1.03. The number of aliphatic carboxylic acids is 1. The van der Waals surface area contributed by atoms with E-state index in [-0.39, 0.29) is 12.2 Å². The molecule has 0 aliphatic rings. The summed E-state index contributed by atoms with van der Waals surface area (Å²) in [4.78, 5) is 22.3. The lowest BCUT2D eigenvalue weighted by molar-refractivity contribution is -0.159. The largest absolute Gasteiger partial charge is 0.478 e. The molecule has 0 rings (SSSR count). The van der Waals surface area contributed by atoms with Crippen LogP contribution < -0.4 is 0 Å². The molecule has 0 aliphatic heterocycles. The van der Waals surface area contributed by atoms with Gasteiger partial charge < -0.3 is 19.7 Å². The van der Waals surface area contributed by atoms with E-state index in [0.29, 0.717) is 32.3 Å². The third-order valence-corrected chi connectivity index (χ3v) is 4.79. The Balaban J connectivity index is 4.82. The molecule has 0 heterocycles. The highest BCUT2D eigenvalue weighted by Crippen LogP contribution is 2.29. The van der Waals surface area contributed by atoms with Gasteiger partial charge in [0.1, 0.15) is 5.60 Å². The number of carbonyl (C=O) groups is 2. The molecule has 6 nitrogen and oxygen atoms in total. The molecule has 0 atom stereocenters. The molecular formula is C18H32O6. The van der Waals surface area contributed by atoms with Gasteiger partial charge in [0.05, 0.1) is 12.2 Å². The minimum atomic E-state index is -1.19. The Morgan fingerprint density at radius 2 is 1.46 bits per heavy atom. The van der Waals surface area contributed by atoms with Crippen molar-refractivity contribution < 1.29 is 29.3 Å². The van der Waals surface area contributed by atoms with Crippen LogP contribution in [0.25, 0.3) is 0 Å². The van der Waals surface area contributed by atoms with Crippen LogP contribution in [0.5, 0.6) is 0 Å². The number of rotatable bonds is 13. The fourth-order valence-electron chi connectivity index (χ4n) is 2.72. The Hall–Kier alpha value is -1.40. The van der Waals surface area contributed by atoms with E-state index in [0.717, 1.165) is 25.0 Å². The van der Waals surface area contributed by atoms with Crippen LogP contribution in [-0.2, 0) is 19.1 Å². The topological polar surface area (TPSA) is 93.1 Å². The van der Waals surface area contributed by atoms with Gasteiger partial charge in [-0.25, -0.2) is 9.59 Å². The molecule has 0 saturated heterocycles. The SMILES string of the molecule is CCC(CC)(CCO)OCCC(CC)(CC)OC(=O)/C=C/C(=O)O. The zero-order valence-electron chi connectivity index (χ0n) is 15.3. The van der Waals surface area contributed by atoms with Crippen molar-refractivity contribution in [2.45, 2.75) is 77.4 Å². The van der Waals surface area contributed by atoms with E-state index in [1.165, 1.54) is 0 Å². The molecule has 0 spiro atoms. The maximum absolute atomic E-state index is 11.8. The van der Waals surface area contributed by atoms with Crippen LogP contribution in [0.15, 0.2) is 12.2 Å². The molecule has 0 aromatic rings. The molecular weight excluding hydrogens is 312 g/mol. The van der Waals surface area contributed by atoms with E-state index in [2.05, 4.69) is 0 Å². The van der Waals surface area contributed by atoms with E-state index in [9.17, 15) is 14.7 Å². The Morgan fingerprint density at radius 3 is 1.88 bits per heavy atom. The van der Waals surface area contributed by atoms with Crippen LogP contribution in [0.1, 0.15) is 66.2 Å². The highest BCUT2D eigenvalue weighted by molar-refractivity contribution is 5.90. The lowest BCUT2D eigenvalue weighted by Gasteiger charge is -2.35. The second kappa shape index (κ2) is 11.2. The first-order chi connectivity index (χ1) is 11.3. The first kappa shape index (κ1) is 22.6. The lowest BCUT2D eigenvalue weighted by atomic mass is 9.91. The van der Waals surface area contributed by atoms with E-state index >= 15 is 0 Å². The Labute approximate surface area is 144 Å². The van der Waals surface area contributed by atoms with Crippen LogP contribution in [-0.4, -0.2) is 46.6 Å². The van der Waals surface area contributed by atoms with Crippen molar-refractivity contribution in [1.29, 1.82) is 0 Å². The number of hydrogen-bond donors (Lipinski definition) is 2. The zero-order chi connectivity index (χ0) is 18.6.